The number of hydrogen-bond donors (Lipinski definition) is 2. The first-order valence-electron chi connectivity index (χ1n) is 1.42. The summed E-state index contributed by atoms with van der Waals surface area (Å²) in [6.45, 7) is 2.80. The number of carbonyl (C=O) groups is 1. The van der Waals surface area contributed by atoms with Crippen LogP contribution in [0.4, 0.5) is 0 Å². The predicted molar refractivity (Wildman–Crippen MR) is 24.1 cm³/mol. The first-order valence-corrected chi connectivity index (χ1v) is 1.42. The zero-order valence-corrected chi connectivity index (χ0v) is 3.92. The lowest BCUT2D eigenvalue weighted by atomic mass is 10.6. The molecule has 0 radical (unpaired) electrons. The highest BCUT2D eigenvalue weighted by Gasteiger charge is 2.01. The molecule has 48 valence electrons. The Bertz CT molecular complexity index is 95.8. The van der Waals surface area contributed by atoms with Crippen molar-refractivity contribution in [2.75, 3.05) is 0 Å². The summed E-state index contributed by atoms with van der Waals surface area (Å²) in [5.41, 5.74) is 0. The van der Waals surface area contributed by atoms with Gasteiger partial charge in [0.1, 0.15) is 0 Å². The van der Waals surface area contributed by atoms with Gasteiger partial charge in [0.05, 0.1) is 0 Å². The highest BCUT2D eigenvalue weighted by molar-refractivity contribution is 5.83. The van der Waals surface area contributed by atoms with Crippen LogP contribution in [-0.4, -0.2) is 21.8 Å². The summed E-state index contributed by atoms with van der Waals surface area (Å²) >= 11 is 0. The van der Waals surface area contributed by atoms with Gasteiger partial charge in [0, 0.05) is 0 Å². The zero-order valence-electron chi connectivity index (χ0n) is 3.92. The zero-order chi connectivity index (χ0) is 5.86. The van der Waals surface area contributed by atoms with Crippen molar-refractivity contribution < 1.29 is 25.5 Å². The molecule has 0 heterocycles. The van der Waals surface area contributed by atoms with Crippen LogP contribution >= 0.6 is 0 Å². The van der Waals surface area contributed by atoms with Crippen molar-refractivity contribution in [3.8, 4) is 0 Å². The third-order valence-electron chi connectivity index (χ3n) is 0.349. The fourth-order valence-corrected chi connectivity index (χ4v) is 0.0390. The van der Waals surface area contributed by atoms with Gasteiger partial charge in [-0.1, -0.05) is 0 Å². The van der Waals surface area contributed by atoms with E-state index >= 15 is 0 Å². The topological polar surface area (TPSA) is 98.3 Å². The smallest absolute Gasteiger partial charge is 0.374 e. The molecular formula is C3H6O5. The maximum absolute atomic E-state index is 9.55. The highest BCUT2D eigenvalue weighted by atomic mass is 17.1. The highest BCUT2D eigenvalue weighted by Crippen LogP contribution is 1.85. The molecule has 0 saturated heterocycles. The molecule has 5 nitrogen and oxygen atoms in total. The van der Waals surface area contributed by atoms with E-state index in [0.29, 0.717) is 0 Å². The molecule has 0 atom stereocenters. The lowest BCUT2D eigenvalue weighted by molar-refractivity contribution is -0.209. The first-order chi connectivity index (χ1) is 3.18. The van der Waals surface area contributed by atoms with Crippen LogP contribution in [0.1, 0.15) is 0 Å². The van der Waals surface area contributed by atoms with Crippen molar-refractivity contribution in [2.45, 2.75) is 0 Å². The predicted octanol–water partition coefficient (Wildman–Crippen LogP) is -0.750. The van der Waals surface area contributed by atoms with Gasteiger partial charge in [0.2, 0.25) is 5.76 Å². The van der Waals surface area contributed by atoms with Crippen LogP contribution in [-0.2, 0) is 9.68 Å². The van der Waals surface area contributed by atoms with Gasteiger partial charge < -0.3 is 15.5 Å². The van der Waals surface area contributed by atoms with Crippen LogP contribution in [0, 0.1) is 0 Å². The lowest BCUT2D eigenvalue weighted by Crippen LogP contribution is -1.99. The number of carboxylic acids is 1. The molecule has 0 aliphatic carbocycles. The Morgan fingerprint density at radius 2 is 2.00 bits per heavy atom. The molecule has 0 bridgehead atoms. The maximum Gasteiger partial charge on any atom is 0.374 e. The van der Waals surface area contributed by atoms with Gasteiger partial charge >= 0.3 is 5.97 Å². The Balaban J connectivity index is 0. The van der Waals surface area contributed by atoms with Gasteiger partial charge in [-0.05, 0) is 6.58 Å². The summed E-state index contributed by atoms with van der Waals surface area (Å²) in [5, 5.41) is 15.3. The van der Waals surface area contributed by atoms with Crippen LogP contribution < -0.4 is 0 Å². The second-order valence-electron chi connectivity index (χ2n) is 0.820. The SMILES string of the molecule is C=C(OO)C(=O)O.O. The first kappa shape index (κ1) is 10.0. The van der Waals surface area contributed by atoms with Gasteiger partial charge in [0.25, 0.3) is 0 Å². The molecule has 0 aliphatic rings. The minimum absolute atomic E-state index is 0. The van der Waals surface area contributed by atoms with Crippen LogP contribution in [0.15, 0.2) is 12.3 Å². The van der Waals surface area contributed by atoms with Gasteiger partial charge in [0.15, 0.2) is 0 Å². The number of rotatable bonds is 2. The molecule has 0 aromatic rings. The van der Waals surface area contributed by atoms with Gasteiger partial charge in [-0.25, -0.2) is 10.1 Å². The van der Waals surface area contributed by atoms with Crippen molar-refractivity contribution in [1.29, 1.82) is 0 Å². The summed E-state index contributed by atoms with van der Waals surface area (Å²) in [5.74, 6) is -2.05. The minimum atomic E-state index is -1.37. The molecule has 5 heteroatoms. The average Bonchev–Trinajstić information content (AvgIpc) is 1.65. The van der Waals surface area contributed by atoms with E-state index < -0.39 is 11.7 Å². The molecule has 0 aromatic heterocycles. The molecule has 0 spiro atoms. The van der Waals surface area contributed by atoms with Gasteiger partial charge in [-0.15, -0.1) is 0 Å². The molecule has 0 unspecified atom stereocenters. The summed E-state index contributed by atoms with van der Waals surface area (Å²) in [6, 6.07) is 0. The third-order valence-corrected chi connectivity index (χ3v) is 0.349. The summed E-state index contributed by atoms with van der Waals surface area (Å²) in [4.78, 5) is 12.8. The summed E-state index contributed by atoms with van der Waals surface area (Å²) < 4.78 is 0. The van der Waals surface area contributed by atoms with Gasteiger partial charge in [-0.3, -0.25) is 0 Å². The van der Waals surface area contributed by atoms with E-state index in [9.17, 15) is 4.79 Å². The van der Waals surface area contributed by atoms with E-state index in [2.05, 4.69) is 11.5 Å². The van der Waals surface area contributed by atoms with Crippen molar-refractivity contribution in [3.05, 3.63) is 12.3 Å². The minimum Gasteiger partial charge on any atom is -0.475 e. The van der Waals surface area contributed by atoms with Crippen LogP contribution in [0.25, 0.3) is 0 Å². The Labute approximate surface area is 45.1 Å². The molecule has 8 heavy (non-hydrogen) atoms. The Morgan fingerprint density at radius 1 is 1.62 bits per heavy atom. The second kappa shape index (κ2) is 4.10. The molecule has 0 saturated carbocycles. The van der Waals surface area contributed by atoms with Crippen LogP contribution in [0.2, 0.25) is 0 Å². The lowest BCUT2D eigenvalue weighted by Gasteiger charge is -1.88. The van der Waals surface area contributed by atoms with E-state index in [0.717, 1.165) is 0 Å². The molecule has 4 N–H and O–H groups in total. The molecule has 0 amide bonds. The van der Waals surface area contributed by atoms with E-state index in [4.69, 9.17) is 10.4 Å². The fraction of sp³-hybridized carbons (Fsp3) is 0. The standard InChI is InChI=1S/C3H4O4.H2O/c1-2(7-6)3(4)5;/h6H,1H2,(H,4,5);1H2. The second-order valence-corrected chi connectivity index (χ2v) is 0.820. The number of hydrogen-bond acceptors (Lipinski definition) is 3. The molecule has 0 aromatic carbocycles. The van der Waals surface area contributed by atoms with Crippen molar-refractivity contribution in [1.82, 2.24) is 0 Å². The summed E-state index contributed by atoms with van der Waals surface area (Å²) in [6.07, 6.45) is 0. The number of carboxylic acid groups (broad SMARTS) is 1. The van der Waals surface area contributed by atoms with Crippen molar-refractivity contribution in [2.24, 2.45) is 0 Å². The third kappa shape index (κ3) is 3.13. The van der Waals surface area contributed by atoms with E-state index in [-0.39, 0.29) is 5.48 Å². The molecule has 0 aliphatic heterocycles. The maximum atomic E-state index is 9.55. The van der Waals surface area contributed by atoms with Crippen LogP contribution in [0.5, 0.6) is 0 Å². The molecule has 0 fully saturated rings. The Hall–Kier alpha value is -1.07. The largest absolute Gasteiger partial charge is 0.475 e. The van der Waals surface area contributed by atoms with Gasteiger partial charge in [-0.2, -0.15) is 0 Å². The average molecular weight is 122 g/mol. The van der Waals surface area contributed by atoms with E-state index in [1.807, 2.05) is 0 Å². The number of aliphatic carboxylic acids is 1. The monoisotopic (exact) mass is 122 g/mol. The van der Waals surface area contributed by atoms with E-state index in [1.165, 1.54) is 0 Å². The fourth-order valence-electron chi connectivity index (χ4n) is 0.0390. The summed E-state index contributed by atoms with van der Waals surface area (Å²) in [7, 11) is 0. The quantitative estimate of drug-likeness (QED) is 0.218. The normalized spacial score (nSPS) is 6.62. The molecular weight excluding hydrogens is 116 g/mol. The molecule has 0 rings (SSSR count). The van der Waals surface area contributed by atoms with Crippen molar-refractivity contribution in [3.63, 3.8) is 0 Å². The Kier molecular flexibility index (Phi) is 5.14. The Morgan fingerprint density at radius 3 is 2.00 bits per heavy atom. The van der Waals surface area contributed by atoms with Crippen molar-refractivity contribution >= 4 is 5.97 Å². The van der Waals surface area contributed by atoms with Crippen LogP contribution in [0.3, 0.4) is 0 Å². The van der Waals surface area contributed by atoms with E-state index in [1.54, 1.807) is 0 Å².